The summed E-state index contributed by atoms with van der Waals surface area (Å²) in [5, 5.41) is 33.5. The molecule has 0 fully saturated rings. The predicted molar refractivity (Wildman–Crippen MR) is 145 cm³/mol. The maximum absolute atomic E-state index is 13.0. The molecule has 0 saturated carbocycles. The number of ether oxygens (including phenoxy) is 2. The average molecular weight is 541 g/mol. The summed E-state index contributed by atoms with van der Waals surface area (Å²) in [7, 11) is 0. The third-order valence-corrected chi connectivity index (χ3v) is 7.38. The summed E-state index contributed by atoms with van der Waals surface area (Å²) in [6, 6.07) is 1.14. The lowest BCUT2D eigenvalue weighted by molar-refractivity contribution is -0.158. The summed E-state index contributed by atoms with van der Waals surface area (Å²) in [5.41, 5.74) is 6.69. The lowest BCUT2D eigenvalue weighted by atomic mass is 9.82. The number of fused-ring (bicyclic) bond motifs is 2. The summed E-state index contributed by atoms with van der Waals surface area (Å²) >= 11 is 0. The fourth-order valence-electron chi connectivity index (χ4n) is 4.90. The van der Waals surface area contributed by atoms with Crippen LogP contribution in [0.1, 0.15) is 56.9 Å². The highest BCUT2D eigenvalue weighted by atomic mass is 16.6. The molecule has 4 rings (SSSR count). The van der Waals surface area contributed by atoms with Gasteiger partial charge in [-0.05, 0) is 58.1 Å². The van der Waals surface area contributed by atoms with Crippen LogP contribution in [0.4, 0.5) is 0 Å². The minimum Gasteiger partial charge on any atom is -0.507 e. The van der Waals surface area contributed by atoms with E-state index in [4.69, 9.17) is 19.6 Å². The molecule has 0 radical (unpaired) electrons. The van der Waals surface area contributed by atoms with Crippen molar-refractivity contribution >= 4 is 16.9 Å². The highest BCUT2D eigenvalue weighted by Crippen LogP contribution is 2.48. The number of carbonyl (C=O) groups excluding carboxylic acids is 1. The molecule has 0 amide bonds. The molecule has 2 aliphatic heterocycles. The van der Waals surface area contributed by atoms with Gasteiger partial charge in [0.15, 0.2) is 5.43 Å². The summed E-state index contributed by atoms with van der Waals surface area (Å²) in [4.78, 5) is 25.8. The van der Waals surface area contributed by atoms with Crippen molar-refractivity contribution < 1.29 is 34.0 Å². The van der Waals surface area contributed by atoms with Crippen LogP contribution in [0.15, 0.2) is 50.9 Å². The van der Waals surface area contributed by atoms with Gasteiger partial charge in [-0.15, -0.1) is 0 Å². The SMILES string of the molecule is CC=C(C)C(=O)OC1Cc2c(c(CCCO)c3oc(CO)cc(=O)c3c2O)OC1(C)CCC1=CNC(N)C=C1. The quantitative estimate of drug-likeness (QED) is 0.236. The van der Waals surface area contributed by atoms with Crippen LogP contribution in [0.2, 0.25) is 0 Å². The van der Waals surface area contributed by atoms with Gasteiger partial charge >= 0.3 is 5.97 Å². The number of hydrogen-bond donors (Lipinski definition) is 5. The molecule has 3 unspecified atom stereocenters. The van der Waals surface area contributed by atoms with Crippen LogP contribution in [-0.2, 0) is 29.0 Å². The molecule has 2 aliphatic rings. The molecule has 1 aromatic heterocycles. The number of rotatable bonds is 9. The Morgan fingerprint density at radius 3 is 2.74 bits per heavy atom. The molecule has 6 N–H and O–H groups in total. The van der Waals surface area contributed by atoms with E-state index in [9.17, 15) is 24.9 Å². The molecule has 2 aromatic rings. The highest BCUT2D eigenvalue weighted by molar-refractivity contribution is 5.91. The summed E-state index contributed by atoms with van der Waals surface area (Å²) in [5.74, 6) is -0.436. The average Bonchev–Trinajstić information content (AvgIpc) is 2.92. The fraction of sp³-hybridized carbons (Fsp3) is 0.448. The number of aliphatic hydroxyl groups is 2. The van der Waals surface area contributed by atoms with Crippen molar-refractivity contribution in [2.45, 2.75) is 77.4 Å². The highest BCUT2D eigenvalue weighted by Gasteiger charge is 2.46. The van der Waals surface area contributed by atoms with Crippen molar-refractivity contribution in [3.05, 3.63) is 68.8 Å². The second kappa shape index (κ2) is 11.6. The Morgan fingerprint density at radius 1 is 1.33 bits per heavy atom. The lowest BCUT2D eigenvalue weighted by Gasteiger charge is -2.43. The van der Waals surface area contributed by atoms with E-state index in [1.807, 2.05) is 25.3 Å². The van der Waals surface area contributed by atoms with Gasteiger partial charge in [0, 0.05) is 42.0 Å². The van der Waals surface area contributed by atoms with Crippen LogP contribution in [0.25, 0.3) is 11.0 Å². The summed E-state index contributed by atoms with van der Waals surface area (Å²) in [6.45, 7) is 4.64. The number of phenolic OH excluding ortho intramolecular Hbond substituents is 1. The Labute approximate surface area is 226 Å². The van der Waals surface area contributed by atoms with E-state index < -0.39 is 29.7 Å². The number of carbonyl (C=O) groups is 1. The number of allylic oxidation sites excluding steroid dienone is 3. The normalized spacial score (nSPS) is 22.6. The van der Waals surface area contributed by atoms with Crippen LogP contribution < -0.4 is 21.2 Å². The van der Waals surface area contributed by atoms with Crippen molar-refractivity contribution in [2.24, 2.45) is 5.73 Å². The molecule has 0 saturated heterocycles. The molecule has 210 valence electrons. The van der Waals surface area contributed by atoms with Gasteiger partial charge in [0.2, 0.25) is 0 Å². The van der Waals surface area contributed by atoms with Crippen LogP contribution >= 0.6 is 0 Å². The molecule has 0 spiro atoms. The Balaban J connectivity index is 1.84. The Kier molecular flexibility index (Phi) is 8.48. The van der Waals surface area contributed by atoms with Gasteiger partial charge in [0.1, 0.15) is 46.5 Å². The number of dihydropyridines is 1. The predicted octanol–water partition coefficient (Wildman–Crippen LogP) is 2.60. The second-order valence-corrected chi connectivity index (χ2v) is 10.2. The molecule has 10 nitrogen and oxygen atoms in total. The minimum atomic E-state index is -1.02. The molecular weight excluding hydrogens is 504 g/mol. The van der Waals surface area contributed by atoms with Gasteiger partial charge in [-0.25, -0.2) is 4.79 Å². The van der Waals surface area contributed by atoms with Gasteiger partial charge < -0.3 is 40.3 Å². The van der Waals surface area contributed by atoms with E-state index in [1.165, 1.54) is 0 Å². The fourth-order valence-corrected chi connectivity index (χ4v) is 4.90. The van der Waals surface area contributed by atoms with E-state index >= 15 is 0 Å². The summed E-state index contributed by atoms with van der Waals surface area (Å²) in [6.07, 6.45) is 8.00. The third kappa shape index (κ3) is 5.73. The smallest absolute Gasteiger partial charge is 0.333 e. The van der Waals surface area contributed by atoms with Gasteiger partial charge in [-0.3, -0.25) is 4.79 Å². The third-order valence-electron chi connectivity index (χ3n) is 7.38. The molecule has 39 heavy (non-hydrogen) atoms. The van der Waals surface area contributed by atoms with Gasteiger partial charge in [-0.2, -0.15) is 0 Å². The number of nitrogens with one attached hydrogen (secondary N) is 1. The van der Waals surface area contributed by atoms with E-state index in [-0.39, 0.29) is 41.7 Å². The maximum Gasteiger partial charge on any atom is 0.333 e. The van der Waals surface area contributed by atoms with Crippen molar-refractivity contribution in [3.63, 3.8) is 0 Å². The molecule has 10 heteroatoms. The zero-order valence-electron chi connectivity index (χ0n) is 22.5. The second-order valence-electron chi connectivity index (χ2n) is 10.2. The first kappa shape index (κ1) is 28.4. The molecule has 3 atom stereocenters. The molecule has 0 aliphatic carbocycles. The Hall–Kier alpha value is -3.60. The van der Waals surface area contributed by atoms with Crippen LogP contribution in [0.3, 0.4) is 0 Å². The number of aliphatic hydroxyl groups excluding tert-OH is 2. The zero-order chi connectivity index (χ0) is 28.3. The van der Waals surface area contributed by atoms with Crippen molar-refractivity contribution in [3.8, 4) is 11.5 Å². The summed E-state index contributed by atoms with van der Waals surface area (Å²) < 4.78 is 18.4. The standard InChI is InChI=1S/C29H36N2O8/c1-4-16(2)28(36)38-22-13-20-25(35)24-21(34)12-18(15-33)37-27(24)19(6-5-11-32)26(20)39-29(22,3)10-9-17-7-8-23(30)31-14-17/h4,7-8,12,14,22-23,31-33,35H,5-6,9-11,13,15,30H2,1-3H3. The van der Waals surface area contributed by atoms with Crippen molar-refractivity contribution in [1.29, 1.82) is 0 Å². The number of esters is 1. The zero-order valence-corrected chi connectivity index (χ0v) is 22.5. The largest absolute Gasteiger partial charge is 0.507 e. The number of aromatic hydroxyl groups is 1. The Bertz CT molecular complexity index is 1410. The monoisotopic (exact) mass is 540 g/mol. The first-order valence-corrected chi connectivity index (χ1v) is 13.1. The molecule has 3 heterocycles. The topological polar surface area (TPSA) is 164 Å². The Morgan fingerprint density at radius 2 is 2.10 bits per heavy atom. The molecule has 0 bridgehead atoms. The van der Waals surface area contributed by atoms with E-state index in [2.05, 4.69) is 5.32 Å². The number of nitrogens with two attached hydrogens (primary N) is 1. The number of phenols is 1. The van der Waals surface area contributed by atoms with Gasteiger partial charge in [-0.1, -0.05) is 12.2 Å². The van der Waals surface area contributed by atoms with Crippen LogP contribution in [0, 0.1) is 0 Å². The first-order valence-electron chi connectivity index (χ1n) is 13.1. The maximum atomic E-state index is 13.0. The van der Waals surface area contributed by atoms with Crippen LogP contribution in [-0.4, -0.2) is 45.8 Å². The van der Waals surface area contributed by atoms with Crippen molar-refractivity contribution in [1.82, 2.24) is 5.32 Å². The number of hydrogen-bond acceptors (Lipinski definition) is 10. The van der Waals surface area contributed by atoms with Gasteiger partial charge in [0.25, 0.3) is 0 Å². The van der Waals surface area contributed by atoms with E-state index in [1.54, 1.807) is 19.9 Å². The van der Waals surface area contributed by atoms with E-state index in [0.29, 0.717) is 48.1 Å². The molecular formula is C29H36N2O8. The molecule has 1 aromatic carbocycles. The number of aryl methyl sites for hydroxylation is 1. The minimum absolute atomic E-state index is 0.0410. The van der Waals surface area contributed by atoms with E-state index in [0.717, 1.165) is 11.6 Å². The van der Waals surface area contributed by atoms with Crippen molar-refractivity contribution in [2.75, 3.05) is 6.61 Å². The first-order chi connectivity index (χ1) is 18.6. The lowest BCUT2D eigenvalue weighted by Crippen LogP contribution is -2.51. The number of benzene rings is 1. The van der Waals surface area contributed by atoms with Crippen LogP contribution in [0.5, 0.6) is 11.5 Å². The van der Waals surface area contributed by atoms with Gasteiger partial charge in [0.05, 0.1) is 6.17 Å².